The monoisotopic (exact) mass is 310 g/mol. The number of aromatic nitrogens is 3. The predicted molar refractivity (Wildman–Crippen MR) is 84.8 cm³/mol. The first kappa shape index (κ1) is 15.2. The van der Waals surface area contributed by atoms with Gasteiger partial charge in [-0.15, -0.1) is 10.2 Å². The zero-order valence-electron chi connectivity index (χ0n) is 11.6. The summed E-state index contributed by atoms with van der Waals surface area (Å²) < 4.78 is 1.90. The first-order valence-corrected chi connectivity index (χ1v) is 8.17. The van der Waals surface area contributed by atoms with Crippen LogP contribution in [0.15, 0.2) is 35.7 Å². The van der Waals surface area contributed by atoms with Crippen molar-refractivity contribution in [3.8, 4) is 0 Å². The molecule has 0 amide bonds. The first-order valence-electron chi connectivity index (χ1n) is 6.80. The van der Waals surface area contributed by atoms with Crippen molar-refractivity contribution in [2.45, 2.75) is 37.1 Å². The SMILES string of the molecule is CCCCCNn1cnnc1SCc1ccc(Cl)cc1. The van der Waals surface area contributed by atoms with Gasteiger partial charge in [-0.1, -0.05) is 55.3 Å². The number of nitrogens with one attached hydrogen (secondary N) is 1. The molecule has 0 radical (unpaired) electrons. The molecule has 0 spiro atoms. The Bertz CT molecular complexity index is 512. The second kappa shape index (κ2) is 8.17. The number of thioether (sulfide) groups is 1. The Balaban J connectivity index is 1.83. The molecule has 0 unspecified atom stereocenters. The maximum Gasteiger partial charge on any atom is 0.210 e. The van der Waals surface area contributed by atoms with Crippen molar-refractivity contribution >= 4 is 23.4 Å². The Morgan fingerprint density at radius 3 is 2.80 bits per heavy atom. The highest BCUT2D eigenvalue weighted by atomic mass is 35.5. The molecule has 2 aromatic rings. The molecule has 1 heterocycles. The third-order valence-corrected chi connectivity index (χ3v) is 4.13. The summed E-state index contributed by atoms with van der Waals surface area (Å²) in [4.78, 5) is 0. The van der Waals surface area contributed by atoms with E-state index in [9.17, 15) is 0 Å². The molecule has 0 aliphatic rings. The van der Waals surface area contributed by atoms with Crippen LogP contribution >= 0.6 is 23.4 Å². The van der Waals surface area contributed by atoms with Crippen molar-refractivity contribution in [1.82, 2.24) is 14.9 Å². The molecule has 4 nitrogen and oxygen atoms in total. The average Bonchev–Trinajstić information content (AvgIpc) is 2.90. The van der Waals surface area contributed by atoms with Crippen molar-refractivity contribution in [3.05, 3.63) is 41.2 Å². The topological polar surface area (TPSA) is 42.7 Å². The van der Waals surface area contributed by atoms with Gasteiger partial charge in [-0.05, 0) is 24.1 Å². The van der Waals surface area contributed by atoms with Crippen LogP contribution in [0.25, 0.3) is 0 Å². The zero-order chi connectivity index (χ0) is 14.2. The lowest BCUT2D eigenvalue weighted by Crippen LogP contribution is -2.16. The van der Waals surface area contributed by atoms with Gasteiger partial charge in [-0.2, -0.15) is 0 Å². The quantitative estimate of drug-likeness (QED) is 0.592. The van der Waals surface area contributed by atoms with Crippen LogP contribution in [0.5, 0.6) is 0 Å². The number of hydrogen-bond donors (Lipinski definition) is 1. The van der Waals surface area contributed by atoms with Crippen LogP contribution in [0.2, 0.25) is 5.02 Å². The second-order valence-electron chi connectivity index (χ2n) is 4.51. The van der Waals surface area contributed by atoms with E-state index in [0.29, 0.717) is 0 Å². The molecule has 2 rings (SSSR count). The molecule has 6 heteroatoms. The van der Waals surface area contributed by atoms with E-state index in [4.69, 9.17) is 11.6 Å². The summed E-state index contributed by atoms with van der Waals surface area (Å²) in [5.41, 5.74) is 4.55. The molecule has 0 saturated heterocycles. The van der Waals surface area contributed by atoms with Gasteiger partial charge >= 0.3 is 0 Å². The standard InChI is InChI=1S/C14H19ClN4S/c1-2-3-4-9-17-19-11-16-18-14(19)20-10-12-5-7-13(15)8-6-12/h5-8,11,17H,2-4,9-10H2,1H3. The molecule has 0 bridgehead atoms. The summed E-state index contributed by atoms with van der Waals surface area (Å²) in [5.74, 6) is 0.854. The van der Waals surface area contributed by atoms with E-state index in [1.54, 1.807) is 18.1 Å². The highest BCUT2D eigenvalue weighted by molar-refractivity contribution is 7.98. The van der Waals surface area contributed by atoms with E-state index in [0.717, 1.165) is 28.9 Å². The van der Waals surface area contributed by atoms with Crippen LogP contribution in [0.4, 0.5) is 0 Å². The van der Waals surface area contributed by atoms with Crippen molar-refractivity contribution in [2.24, 2.45) is 0 Å². The van der Waals surface area contributed by atoms with Crippen LogP contribution in [0, 0.1) is 0 Å². The van der Waals surface area contributed by atoms with E-state index in [1.165, 1.54) is 18.4 Å². The molecule has 0 saturated carbocycles. The number of benzene rings is 1. The predicted octanol–water partition coefficient (Wildman–Crippen LogP) is 3.96. The fourth-order valence-corrected chi connectivity index (χ4v) is 2.70. The Morgan fingerprint density at radius 2 is 2.05 bits per heavy atom. The largest absolute Gasteiger partial charge is 0.323 e. The van der Waals surface area contributed by atoms with Crippen LogP contribution in [0.1, 0.15) is 31.7 Å². The van der Waals surface area contributed by atoms with Crippen molar-refractivity contribution in [1.29, 1.82) is 0 Å². The van der Waals surface area contributed by atoms with Gasteiger partial charge in [-0.3, -0.25) is 0 Å². The number of unbranched alkanes of at least 4 members (excludes halogenated alkanes) is 2. The molecule has 20 heavy (non-hydrogen) atoms. The van der Waals surface area contributed by atoms with Gasteiger partial charge in [0, 0.05) is 17.3 Å². The molecular formula is C14H19ClN4S. The maximum atomic E-state index is 5.88. The Kier molecular flexibility index (Phi) is 6.21. The molecule has 0 aliphatic heterocycles. The molecule has 1 N–H and O–H groups in total. The van der Waals surface area contributed by atoms with Gasteiger partial charge in [0.2, 0.25) is 5.16 Å². The molecule has 0 atom stereocenters. The van der Waals surface area contributed by atoms with Gasteiger partial charge in [0.1, 0.15) is 6.33 Å². The summed E-state index contributed by atoms with van der Waals surface area (Å²) in [5, 5.41) is 9.74. The van der Waals surface area contributed by atoms with Crippen molar-refractivity contribution < 1.29 is 0 Å². The maximum absolute atomic E-state index is 5.88. The van der Waals surface area contributed by atoms with Gasteiger partial charge in [0.05, 0.1) is 0 Å². The third-order valence-electron chi connectivity index (χ3n) is 2.86. The lowest BCUT2D eigenvalue weighted by atomic mass is 10.2. The highest BCUT2D eigenvalue weighted by Gasteiger charge is 2.05. The van der Waals surface area contributed by atoms with E-state index in [-0.39, 0.29) is 0 Å². The Hall–Kier alpha value is -1.20. The minimum absolute atomic E-state index is 0.763. The summed E-state index contributed by atoms with van der Waals surface area (Å²) in [6, 6.07) is 7.88. The molecule has 0 aliphatic carbocycles. The summed E-state index contributed by atoms with van der Waals surface area (Å²) in [7, 11) is 0. The average molecular weight is 311 g/mol. The molecule has 108 valence electrons. The molecular weight excluding hydrogens is 292 g/mol. The van der Waals surface area contributed by atoms with E-state index in [1.807, 2.05) is 28.9 Å². The Labute approximate surface area is 128 Å². The fraction of sp³-hybridized carbons (Fsp3) is 0.429. The Morgan fingerprint density at radius 1 is 1.25 bits per heavy atom. The minimum Gasteiger partial charge on any atom is -0.323 e. The minimum atomic E-state index is 0.763. The lowest BCUT2D eigenvalue weighted by Gasteiger charge is -2.09. The molecule has 1 aromatic carbocycles. The normalized spacial score (nSPS) is 10.7. The first-order chi connectivity index (χ1) is 9.79. The van der Waals surface area contributed by atoms with E-state index in [2.05, 4.69) is 22.5 Å². The van der Waals surface area contributed by atoms with Gasteiger partial charge in [0.15, 0.2) is 0 Å². The van der Waals surface area contributed by atoms with Gasteiger partial charge in [-0.25, -0.2) is 4.68 Å². The number of rotatable bonds is 8. The number of hydrogen-bond acceptors (Lipinski definition) is 4. The highest BCUT2D eigenvalue weighted by Crippen LogP contribution is 2.21. The van der Waals surface area contributed by atoms with Crippen LogP contribution < -0.4 is 5.43 Å². The lowest BCUT2D eigenvalue weighted by molar-refractivity contribution is 0.677. The van der Waals surface area contributed by atoms with Gasteiger partial charge in [0.25, 0.3) is 0 Å². The smallest absolute Gasteiger partial charge is 0.210 e. The van der Waals surface area contributed by atoms with Crippen molar-refractivity contribution in [3.63, 3.8) is 0 Å². The number of halogens is 1. The fourth-order valence-electron chi connectivity index (χ4n) is 1.73. The number of nitrogens with zero attached hydrogens (tertiary/aromatic N) is 3. The summed E-state index contributed by atoms with van der Waals surface area (Å²) >= 11 is 7.54. The van der Waals surface area contributed by atoms with Crippen LogP contribution in [0.3, 0.4) is 0 Å². The van der Waals surface area contributed by atoms with Crippen molar-refractivity contribution in [2.75, 3.05) is 12.0 Å². The van der Waals surface area contributed by atoms with Crippen LogP contribution in [-0.2, 0) is 5.75 Å². The third kappa shape index (κ3) is 4.72. The summed E-state index contributed by atoms with van der Waals surface area (Å²) in [6.45, 7) is 3.15. The molecule has 1 aromatic heterocycles. The second-order valence-corrected chi connectivity index (χ2v) is 5.89. The van der Waals surface area contributed by atoms with Crippen LogP contribution in [-0.4, -0.2) is 21.4 Å². The molecule has 0 fully saturated rings. The summed E-state index contributed by atoms with van der Waals surface area (Å²) in [6.07, 6.45) is 5.34. The van der Waals surface area contributed by atoms with E-state index >= 15 is 0 Å². The zero-order valence-corrected chi connectivity index (χ0v) is 13.1. The van der Waals surface area contributed by atoms with Gasteiger partial charge < -0.3 is 5.43 Å². The van der Waals surface area contributed by atoms with E-state index < -0.39 is 0 Å².